The summed E-state index contributed by atoms with van der Waals surface area (Å²) < 4.78 is 39.4. The van der Waals surface area contributed by atoms with Crippen LogP contribution in [0.5, 0.6) is 0 Å². The van der Waals surface area contributed by atoms with Crippen molar-refractivity contribution in [2.75, 3.05) is 18.0 Å². The number of imide groups is 1. The lowest BCUT2D eigenvalue weighted by molar-refractivity contribution is -0.137. The van der Waals surface area contributed by atoms with Crippen molar-refractivity contribution in [3.63, 3.8) is 0 Å². The van der Waals surface area contributed by atoms with Gasteiger partial charge in [-0.15, -0.1) is 0 Å². The molecule has 4 nitrogen and oxygen atoms in total. The Morgan fingerprint density at radius 1 is 0.897 bits per heavy atom. The molecule has 0 aromatic heterocycles. The van der Waals surface area contributed by atoms with Crippen molar-refractivity contribution < 1.29 is 22.8 Å². The summed E-state index contributed by atoms with van der Waals surface area (Å²) in [7, 11) is 0. The van der Waals surface area contributed by atoms with Gasteiger partial charge in [0.05, 0.1) is 16.8 Å². The smallest absolute Gasteiger partial charge is 0.366 e. The van der Waals surface area contributed by atoms with Crippen LogP contribution in [0.2, 0.25) is 0 Å². The number of carbonyl (C=O) groups excluding carboxylic acids is 2. The van der Waals surface area contributed by atoms with Crippen LogP contribution in [-0.4, -0.2) is 29.8 Å². The SMILES string of the molecule is Cc1ccc(C2=C(N3CCCC3)C(=O)N(c3cccc(C(F)(F)F)c3)C2=O)cc1. The summed E-state index contributed by atoms with van der Waals surface area (Å²) in [5, 5.41) is 0. The Morgan fingerprint density at radius 3 is 2.17 bits per heavy atom. The maximum absolute atomic E-state index is 13.3. The molecule has 1 fully saturated rings. The Labute approximate surface area is 166 Å². The summed E-state index contributed by atoms with van der Waals surface area (Å²) in [6.45, 7) is 3.19. The first-order chi connectivity index (χ1) is 13.8. The molecule has 2 amide bonds. The lowest BCUT2D eigenvalue weighted by Gasteiger charge is -2.20. The first kappa shape index (κ1) is 19.2. The van der Waals surface area contributed by atoms with E-state index in [0.717, 1.165) is 35.4 Å². The third-order valence-corrected chi connectivity index (χ3v) is 5.25. The van der Waals surface area contributed by atoms with E-state index < -0.39 is 23.6 Å². The normalized spacial score (nSPS) is 17.7. The highest BCUT2D eigenvalue weighted by atomic mass is 19.4. The van der Waals surface area contributed by atoms with Gasteiger partial charge in [0.2, 0.25) is 0 Å². The minimum absolute atomic E-state index is 0.0753. The third kappa shape index (κ3) is 3.41. The average Bonchev–Trinajstić information content (AvgIpc) is 3.28. The Hall–Kier alpha value is -3.09. The van der Waals surface area contributed by atoms with E-state index in [2.05, 4.69) is 0 Å². The highest BCUT2D eigenvalue weighted by Crippen LogP contribution is 2.38. The lowest BCUT2D eigenvalue weighted by Crippen LogP contribution is -2.34. The summed E-state index contributed by atoms with van der Waals surface area (Å²) in [4.78, 5) is 29.2. The topological polar surface area (TPSA) is 40.6 Å². The van der Waals surface area contributed by atoms with Crippen LogP contribution in [0, 0.1) is 6.92 Å². The molecular formula is C22H19F3N2O2. The molecule has 0 aliphatic carbocycles. The summed E-state index contributed by atoms with van der Waals surface area (Å²) in [5.41, 5.74) is 1.13. The Bertz CT molecular complexity index is 1000. The Balaban J connectivity index is 1.81. The quantitative estimate of drug-likeness (QED) is 0.718. The van der Waals surface area contributed by atoms with Gasteiger partial charge in [-0.25, -0.2) is 4.90 Å². The van der Waals surface area contributed by atoms with Crippen LogP contribution >= 0.6 is 0 Å². The van der Waals surface area contributed by atoms with E-state index in [1.54, 1.807) is 12.1 Å². The molecule has 1 saturated heterocycles. The number of nitrogens with zero attached hydrogens (tertiary/aromatic N) is 2. The summed E-state index contributed by atoms with van der Waals surface area (Å²) in [6, 6.07) is 11.5. The third-order valence-electron chi connectivity index (χ3n) is 5.25. The lowest BCUT2D eigenvalue weighted by atomic mass is 10.0. The second kappa shape index (κ2) is 7.06. The van der Waals surface area contributed by atoms with Gasteiger partial charge in [0, 0.05) is 13.1 Å². The molecule has 2 aliphatic rings. The van der Waals surface area contributed by atoms with Crippen molar-refractivity contribution in [2.24, 2.45) is 0 Å². The van der Waals surface area contributed by atoms with E-state index in [4.69, 9.17) is 0 Å². The number of aryl methyl sites for hydroxylation is 1. The number of rotatable bonds is 3. The molecule has 150 valence electrons. The van der Waals surface area contributed by atoms with E-state index in [9.17, 15) is 22.8 Å². The van der Waals surface area contributed by atoms with Gasteiger partial charge in [0.25, 0.3) is 11.8 Å². The molecule has 29 heavy (non-hydrogen) atoms. The molecule has 0 spiro atoms. The average molecular weight is 400 g/mol. The molecule has 0 radical (unpaired) electrons. The van der Waals surface area contributed by atoms with Gasteiger partial charge in [-0.2, -0.15) is 13.2 Å². The van der Waals surface area contributed by atoms with Crippen molar-refractivity contribution in [1.82, 2.24) is 4.90 Å². The maximum Gasteiger partial charge on any atom is 0.416 e. The van der Waals surface area contributed by atoms with Crippen LogP contribution in [0.4, 0.5) is 18.9 Å². The number of anilines is 1. The molecule has 2 aromatic carbocycles. The zero-order valence-corrected chi connectivity index (χ0v) is 15.8. The molecule has 2 aliphatic heterocycles. The molecule has 0 saturated carbocycles. The first-order valence-electron chi connectivity index (χ1n) is 9.39. The molecular weight excluding hydrogens is 381 g/mol. The van der Waals surface area contributed by atoms with Gasteiger partial charge >= 0.3 is 6.18 Å². The van der Waals surface area contributed by atoms with Crippen molar-refractivity contribution in [3.05, 3.63) is 70.9 Å². The number of hydrogen-bond acceptors (Lipinski definition) is 3. The fraction of sp³-hybridized carbons (Fsp3) is 0.273. The van der Waals surface area contributed by atoms with Crippen LogP contribution in [-0.2, 0) is 15.8 Å². The number of alkyl halides is 3. The largest absolute Gasteiger partial charge is 0.416 e. The summed E-state index contributed by atoms with van der Waals surface area (Å²) in [5.74, 6) is -1.17. The Morgan fingerprint density at radius 2 is 1.55 bits per heavy atom. The van der Waals surface area contributed by atoms with Gasteiger partial charge < -0.3 is 4.90 Å². The summed E-state index contributed by atoms with van der Waals surface area (Å²) >= 11 is 0. The number of carbonyl (C=O) groups is 2. The number of hydrogen-bond donors (Lipinski definition) is 0. The Kier molecular flexibility index (Phi) is 4.68. The minimum atomic E-state index is -4.56. The van der Waals surface area contributed by atoms with E-state index in [1.165, 1.54) is 12.1 Å². The second-order valence-corrected chi connectivity index (χ2v) is 7.28. The van der Waals surface area contributed by atoms with Crippen LogP contribution in [0.25, 0.3) is 5.57 Å². The fourth-order valence-electron chi connectivity index (χ4n) is 3.79. The van der Waals surface area contributed by atoms with Gasteiger partial charge in [0.1, 0.15) is 5.70 Å². The van der Waals surface area contributed by atoms with Crippen molar-refractivity contribution in [1.29, 1.82) is 0 Å². The minimum Gasteiger partial charge on any atom is -0.366 e. The molecule has 2 heterocycles. The van der Waals surface area contributed by atoms with E-state index in [0.29, 0.717) is 18.7 Å². The van der Waals surface area contributed by atoms with Crippen LogP contribution in [0.3, 0.4) is 0 Å². The molecule has 4 rings (SSSR count). The number of amides is 2. The fourth-order valence-corrected chi connectivity index (χ4v) is 3.79. The van der Waals surface area contributed by atoms with Gasteiger partial charge in [-0.05, 0) is 43.5 Å². The predicted molar refractivity (Wildman–Crippen MR) is 103 cm³/mol. The molecule has 0 bridgehead atoms. The second-order valence-electron chi connectivity index (χ2n) is 7.28. The highest BCUT2D eigenvalue weighted by Gasteiger charge is 2.43. The van der Waals surface area contributed by atoms with E-state index in [1.807, 2.05) is 24.0 Å². The maximum atomic E-state index is 13.3. The van der Waals surface area contributed by atoms with Gasteiger partial charge in [0.15, 0.2) is 0 Å². The number of benzene rings is 2. The summed E-state index contributed by atoms with van der Waals surface area (Å²) in [6.07, 6.45) is -2.77. The van der Waals surface area contributed by atoms with E-state index in [-0.39, 0.29) is 17.0 Å². The molecule has 0 atom stereocenters. The molecule has 7 heteroatoms. The predicted octanol–water partition coefficient (Wildman–Crippen LogP) is 4.39. The zero-order chi connectivity index (χ0) is 20.8. The van der Waals surface area contributed by atoms with Crippen LogP contribution in [0.1, 0.15) is 29.5 Å². The van der Waals surface area contributed by atoms with Gasteiger partial charge in [-0.1, -0.05) is 35.9 Å². The number of likely N-dealkylation sites (tertiary alicyclic amines) is 1. The van der Waals surface area contributed by atoms with Crippen LogP contribution < -0.4 is 4.90 Å². The molecule has 2 aromatic rings. The van der Waals surface area contributed by atoms with Crippen molar-refractivity contribution in [2.45, 2.75) is 25.9 Å². The van der Waals surface area contributed by atoms with Crippen molar-refractivity contribution >= 4 is 23.1 Å². The standard InChI is InChI=1S/C22H19F3N2O2/c1-14-7-9-15(10-8-14)18-19(26-11-2-3-12-26)21(29)27(20(18)28)17-6-4-5-16(13-17)22(23,24)25/h4-10,13H,2-3,11-12H2,1H3. The monoisotopic (exact) mass is 400 g/mol. The van der Waals surface area contributed by atoms with Crippen LogP contribution in [0.15, 0.2) is 54.2 Å². The zero-order valence-electron chi connectivity index (χ0n) is 15.8. The molecule has 0 N–H and O–H groups in total. The van der Waals surface area contributed by atoms with Gasteiger partial charge in [-0.3, -0.25) is 9.59 Å². The first-order valence-corrected chi connectivity index (χ1v) is 9.39. The molecule has 0 unspecified atom stereocenters. The highest BCUT2D eigenvalue weighted by molar-refractivity contribution is 6.45. The number of halogens is 3. The van der Waals surface area contributed by atoms with Crippen molar-refractivity contribution in [3.8, 4) is 0 Å². The van der Waals surface area contributed by atoms with E-state index >= 15 is 0 Å².